The molecule has 0 aromatic heterocycles. The molecule has 0 saturated heterocycles. The van der Waals surface area contributed by atoms with Crippen molar-refractivity contribution in [3.8, 4) is 0 Å². The second kappa shape index (κ2) is 5.76. The van der Waals surface area contributed by atoms with Crippen LogP contribution in [0.1, 0.15) is 25.0 Å². The number of aryl methyl sites for hydroxylation is 2. The second-order valence-electron chi connectivity index (χ2n) is 3.37. The first kappa shape index (κ1) is 12.1. The van der Waals surface area contributed by atoms with Crippen LogP contribution in [-0.4, -0.2) is 11.7 Å². The van der Waals surface area contributed by atoms with Gasteiger partial charge >= 0.3 is 0 Å². The molecule has 0 spiro atoms. The molecule has 0 atom stereocenters. The van der Waals surface area contributed by atoms with E-state index in [9.17, 15) is 0 Å². The minimum absolute atomic E-state index is 0.279. The van der Waals surface area contributed by atoms with Crippen LogP contribution < -0.4 is 5.73 Å². The van der Waals surface area contributed by atoms with Gasteiger partial charge in [0.1, 0.15) is 5.84 Å². The van der Waals surface area contributed by atoms with Crippen LogP contribution in [0.15, 0.2) is 23.2 Å². The number of para-hydroxylation sites is 1. The van der Waals surface area contributed by atoms with Crippen LogP contribution >= 0.6 is 11.6 Å². The number of benzene rings is 1. The van der Waals surface area contributed by atoms with Gasteiger partial charge < -0.3 is 5.73 Å². The Morgan fingerprint density at radius 3 is 2.20 bits per heavy atom. The Hall–Kier alpha value is -1.02. The van der Waals surface area contributed by atoms with E-state index in [-0.39, 0.29) is 5.88 Å². The predicted octanol–water partition coefficient (Wildman–Crippen LogP) is 3.04. The van der Waals surface area contributed by atoms with Gasteiger partial charge in [-0.05, 0) is 24.0 Å². The molecule has 0 saturated carbocycles. The fraction of sp³-hybridized carbons (Fsp3) is 0.417. The van der Waals surface area contributed by atoms with E-state index in [0.717, 1.165) is 18.5 Å². The minimum Gasteiger partial charge on any atom is -0.386 e. The summed E-state index contributed by atoms with van der Waals surface area (Å²) < 4.78 is 0. The zero-order valence-electron chi connectivity index (χ0n) is 9.26. The quantitative estimate of drug-likeness (QED) is 0.477. The monoisotopic (exact) mass is 224 g/mol. The van der Waals surface area contributed by atoms with Crippen LogP contribution in [0, 0.1) is 0 Å². The number of alkyl halides is 1. The largest absolute Gasteiger partial charge is 0.386 e. The number of hydrogen-bond donors (Lipinski definition) is 1. The highest BCUT2D eigenvalue weighted by Crippen LogP contribution is 2.25. The molecule has 2 N–H and O–H groups in total. The molecule has 1 rings (SSSR count). The summed E-state index contributed by atoms with van der Waals surface area (Å²) in [7, 11) is 0. The zero-order valence-corrected chi connectivity index (χ0v) is 10.0. The fourth-order valence-corrected chi connectivity index (χ4v) is 1.59. The van der Waals surface area contributed by atoms with Crippen LogP contribution in [0.4, 0.5) is 5.69 Å². The molecule has 3 heteroatoms. The third kappa shape index (κ3) is 2.96. The summed E-state index contributed by atoms with van der Waals surface area (Å²) in [5, 5.41) is 0. The molecule has 0 aliphatic rings. The number of nitrogens with zero attached hydrogens (tertiary/aromatic N) is 1. The Bertz CT molecular complexity index is 336. The van der Waals surface area contributed by atoms with Crippen LogP contribution in [0.5, 0.6) is 0 Å². The molecular formula is C12H17ClN2. The van der Waals surface area contributed by atoms with Crippen molar-refractivity contribution in [2.24, 2.45) is 10.7 Å². The maximum Gasteiger partial charge on any atom is 0.115 e. The first-order chi connectivity index (χ1) is 7.22. The van der Waals surface area contributed by atoms with Crippen LogP contribution in [-0.2, 0) is 12.8 Å². The van der Waals surface area contributed by atoms with Gasteiger partial charge in [-0.2, -0.15) is 0 Å². The summed E-state index contributed by atoms with van der Waals surface area (Å²) in [6.45, 7) is 4.23. The Labute approximate surface area is 96.2 Å². The summed E-state index contributed by atoms with van der Waals surface area (Å²) >= 11 is 5.64. The lowest BCUT2D eigenvalue weighted by molar-refractivity contribution is 1.08. The third-order valence-corrected chi connectivity index (χ3v) is 2.63. The molecule has 0 radical (unpaired) electrons. The standard InChI is InChI=1S/C12H17ClN2/c1-3-9-6-5-7-10(4-2)12(9)15-11(14)8-13/h5-7H,3-4,8H2,1-2H3,(H2,14,15). The van der Waals surface area contributed by atoms with Crippen LogP contribution in [0.25, 0.3) is 0 Å². The lowest BCUT2D eigenvalue weighted by Crippen LogP contribution is -2.12. The Morgan fingerprint density at radius 1 is 1.27 bits per heavy atom. The van der Waals surface area contributed by atoms with Gasteiger partial charge in [-0.25, -0.2) is 4.99 Å². The molecule has 0 fully saturated rings. The van der Waals surface area contributed by atoms with Crippen molar-refractivity contribution < 1.29 is 0 Å². The molecule has 82 valence electrons. The van der Waals surface area contributed by atoms with Gasteiger partial charge in [0.2, 0.25) is 0 Å². The normalized spacial score (nSPS) is 11.8. The maximum absolute atomic E-state index is 5.67. The molecule has 0 bridgehead atoms. The number of halogens is 1. The van der Waals surface area contributed by atoms with Gasteiger partial charge in [-0.1, -0.05) is 32.0 Å². The number of hydrogen-bond acceptors (Lipinski definition) is 1. The molecule has 1 aromatic rings. The Kier molecular flexibility index (Phi) is 4.63. The first-order valence-electron chi connectivity index (χ1n) is 5.22. The lowest BCUT2D eigenvalue weighted by Gasteiger charge is -2.09. The number of amidine groups is 1. The summed E-state index contributed by atoms with van der Waals surface area (Å²) in [4.78, 5) is 4.38. The number of rotatable bonds is 4. The van der Waals surface area contributed by atoms with E-state index in [2.05, 4.69) is 37.0 Å². The van der Waals surface area contributed by atoms with Gasteiger partial charge in [-0.3, -0.25) is 0 Å². The van der Waals surface area contributed by atoms with E-state index < -0.39 is 0 Å². The van der Waals surface area contributed by atoms with Crippen molar-refractivity contribution in [2.45, 2.75) is 26.7 Å². The van der Waals surface area contributed by atoms with E-state index >= 15 is 0 Å². The van der Waals surface area contributed by atoms with E-state index in [0.29, 0.717) is 5.84 Å². The molecule has 0 aliphatic heterocycles. The Balaban J connectivity index is 3.22. The summed E-state index contributed by atoms with van der Waals surface area (Å²) in [6.07, 6.45) is 1.92. The van der Waals surface area contributed by atoms with Crippen molar-refractivity contribution in [1.82, 2.24) is 0 Å². The van der Waals surface area contributed by atoms with Crippen molar-refractivity contribution in [3.05, 3.63) is 29.3 Å². The molecule has 0 amide bonds. The second-order valence-corrected chi connectivity index (χ2v) is 3.64. The zero-order chi connectivity index (χ0) is 11.3. The predicted molar refractivity (Wildman–Crippen MR) is 67.2 cm³/mol. The van der Waals surface area contributed by atoms with Crippen LogP contribution in [0.2, 0.25) is 0 Å². The van der Waals surface area contributed by atoms with Gasteiger partial charge in [0.05, 0.1) is 11.6 Å². The fourth-order valence-electron chi connectivity index (χ4n) is 1.53. The highest BCUT2D eigenvalue weighted by molar-refractivity contribution is 6.28. The summed E-state index contributed by atoms with van der Waals surface area (Å²) in [5.74, 6) is 0.758. The number of nitrogens with two attached hydrogens (primary N) is 1. The van der Waals surface area contributed by atoms with Crippen molar-refractivity contribution >= 4 is 23.1 Å². The third-order valence-electron chi connectivity index (χ3n) is 2.36. The van der Waals surface area contributed by atoms with Crippen molar-refractivity contribution in [1.29, 1.82) is 0 Å². The van der Waals surface area contributed by atoms with Crippen molar-refractivity contribution in [2.75, 3.05) is 5.88 Å². The molecule has 2 nitrogen and oxygen atoms in total. The lowest BCUT2D eigenvalue weighted by atomic mass is 10.0. The summed E-state index contributed by atoms with van der Waals surface area (Å²) in [6, 6.07) is 6.23. The Morgan fingerprint density at radius 2 is 1.80 bits per heavy atom. The van der Waals surface area contributed by atoms with Gasteiger partial charge in [0, 0.05) is 0 Å². The van der Waals surface area contributed by atoms with Crippen molar-refractivity contribution in [3.63, 3.8) is 0 Å². The highest BCUT2D eigenvalue weighted by Gasteiger charge is 2.05. The molecule has 0 unspecified atom stereocenters. The minimum atomic E-state index is 0.279. The van der Waals surface area contributed by atoms with E-state index in [1.165, 1.54) is 11.1 Å². The molecule has 0 heterocycles. The number of aliphatic imine (C=N–C) groups is 1. The SMILES string of the molecule is CCc1cccc(CC)c1N=C(N)CCl. The van der Waals surface area contributed by atoms with Gasteiger partial charge in [-0.15, -0.1) is 11.6 Å². The van der Waals surface area contributed by atoms with E-state index in [1.54, 1.807) is 0 Å². The van der Waals surface area contributed by atoms with E-state index in [1.807, 2.05) is 0 Å². The summed E-state index contributed by atoms with van der Waals surface area (Å²) in [5.41, 5.74) is 9.12. The first-order valence-corrected chi connectivity index (χ1v) is 5.76. The molecular weight excluding hydrogens is 208 g/mol. The average Bonchev–Trinajstić information content (AvgIpc) is 2.29. The molecule has 15 heavy (non-hydrogen) atoms. The molecule has 1 aromatic carbocycles. The molecule has 0 aliphatic carbocycles. The highest BCUT2D eigenvalue weighted by atomic mass is 35.5. The topological polar surface area (TPSA) is 38.4 Å². The van der Waals surface area contributed by atoms with Crippen LogP contribution in [0.3, 0.4) is 0 Å². The smallest absolute Gasteiger partial charge is 0.115 e. The van der Waals surface area contributed by atoms with E-state index in [4.69, 9.17) is 17.3 Å². The average molecular weight is 225 g/mol. The maximum atomic E-state index is 5.67. The van der Waals surface area contributed by atoms with Gasteiger partial charge in [0.15, 0.2) is 0 Å². The van der Waals surface area contributed by atoms with Gasteiger partial charge in [0.25, 0.3) is 0 Å².